The van der Waals surface area contributed by atoms with E-state index >= 15 is 0 Å². The highest BCUT2D eigenvalue weighted by Gasteiger charge is 2.24. The number of carbonyl (C=O) groups excluding carboxylic acids is 1. The summed E-state index contributed by atoms with van der Waals surface area (Å²) >= 11 is 5.99. The molecule has 1 N–H and O–H groups in total. The number of aryl methyl sites for hydroxylation is 1. The van der Waals surface area contributed by atoms with Crippen LogP contribution in [0.1, 0.15) is 16.7 Å². The number of pyridine rings is 1. The van der Waals surface area contributed by atoms with Crippen molar-refractivity contribution in [3.63, 3.8) is 0 Å². The second-order valence-electron chi connectivity index (χ2n) is 7.12. The van der Waals surface area contributed by atoms with Gasteiger partial charge in [0.2, 0.25) is 5.91 Å². The Morgan fingerprint density at radius 1 is 1.28 bits per heavy atom. The van der Waals surface area contributed by atoms with Crippen LogP contribution >= 0.6 is 11.6 Å². The fourth-order valence-corrected chi connectivity index (χ4v) is 3.75. The number of amides is 1. The van der Waals surface area contributed by atoms with E-state index < -0.39 is 5.82 Å². The Balaban J connectivity index is 1.38. The molecule has 1 unspecified atom stereocenters. The van der Waals surface area contributed by atoms with Crippen LogP contribution in [0.5, 0.6) is 5.75 Å². The first-order valence-corrected chi connectivity index (χ1v) is 9.80. The van der Waals surface area contributed by atoms with E-state index in [-0.39, 0.29) is 29.0 Å². The van der Waals surface area contributed by atoms with Crippen molar-refractivity contribution in [2.24, 2.45) is 0 Å². The molecule has 0 saturated heterocycles. The lowest BCUT2D eigenvalue weighted by Crippen LogP contribution is -2.35. The molecule has 1 amide bonds. The number of hydrogen-bond acceptors (Lipinski definition) is 3. The van der Waals surface area contributed by atoms with Crippen LogP contribution in [0.3, 0.4) is 0 Å². The molecule has 4 nitrogen and oxygen atoms in total. The van der Waals surface area contributed by atoms with Crippen molar-refractivity contribution in [1.29, 1.82) is 0 Å². The number of hydrogen-bond donors (Lipinski definition) is 1. The Bertz CT molecular complexity index is 1050. The number of nitrogens with one attached hydrogen (secondary N) is 1. The summed E-state index contributed by atoms with van der Waals surface area (Å²) in [5, 5.41) is 3.07. The highest BCUT2D eigenvalue weighted by atomic mass is 35.5. The van der Waals surface area contributed by atoms with Crippen molar-refractivity contribution in [1.82, 2.24) is 10.3 Å². The molecule has 0 spiro atoms. The van der Waals surface area contributed by atoms with Crippen molar-refractivity contribution < 1.29 is 13.9 Å². The number of aromatic nitrogens is 1. The first-order valence-electron chi connectivity index (χ1n) is 9.42. The summed E-state index contributed by atoms with van der Waals surface area (Å²) in [6.07, 6.45) is 2.21. The third-order valence-corrected chi connectivity index (χ3v) is 5.36. The Morgan fingerprint density at radius 2 is 2.14 bits per heavy atom. The molecule has 1 aliphatic heterocycles. The van der Waals surface area contributed by atoms with Gasteiger partial charge in [-0.15, -0.1) is 0 Å². The van der Waals surface area contributed by atoms with Crippen LogP contribution < -0.4 is 10.1 Å². The van der Waals surface area contributed by atoms with Crippen molar-refractivity contribution in [2.45, 2.75) is 25.9 Å². The molecule has 0 bridgehead atoms. The lowest BCUT2D eigenvalue weighted by molar-refractivity contribution is -0.120. The summed E-state index contributed by atoms with van der Waals surface area (Å²) in [4.78, 5) is 16.7. The molecule has 0 radical (unpaired) electrons. The second kappa shape index (κ2) is 8.21. The molecule has 1 aliphatic rings. The SMILES string of the molecule is Cc1cccnc1-c1ccc2c(c1)CC(CNC(=O)Cc1c(F)cccc1Cl)O2. The van der Waals surface area contributed by atoms with Crippen molar-refractivity contribution in [3.8, 4) is 17.0 Å². The standard InChI is InChI=1S/C23H20ClFN2O2/c1-14-4-3-9-26-23(14)15-7-8-21-16(10-15)11-17(29-21)13-27-22(28)12-18-19(24)5-2-6-20(18)25/h2-10,17H,11-13H2,1H3,(H,27,28). The normalized spacial score (nSPS) is 14.9. The van der Waals surface area contributed by atoms with Gasteiger partial charge in [-0.3, -0.25) is 9.78 Å². The molecule has 0 fully saturated rings. The van der Waals surface area contributed by atoms with Gasteiger partial charge in [-0.05, 0) is 54.4 Å². The third kappa shape index (κ3) is 4.25. The van der Waals surface area contributed by atoms with Crippen LogP contribution in [0.25, 0.3) is 11.3 Å². The van der Waals surface area contributed by atoms with E-state index in [1.165, 1.54) is 12.1 Å². The van der Waals surface area contributed by atoms with Gasteiger partial charge in [0.1, 0.15) is 17.7 Å². The Kier molecular flexibility index (Phi) is 5.49. The average molecular weight is 411 g/mol. The zero-order chi connectivity index (χ0) is 20.4. The number of rotatable bonds is 5. The molecule has 2 heterocycles. The maximum atomic E-state index is 13.8. The van der Waals surface area contributed by atoms with Crippen LogP contribution in [-0.4, -0.2) is 23.5 Å². The van der Waals surface area contributed by atoms with Gasteiger partial charge in [-0.1, -0.05) is 23.7 Å². The molecule has 29 heavy (non-hydrogen) atoms. The molecule has 2 aromatic carbocycles. The maximum absolute atomic E-state index is 13.8. The lowest BCUT2D eigenvalue weighted by atomic mass is 10.0. The number of ether oxygens (including phenoxy) is 1. The van der Waals surface area contributed by atoms with Crippen LogP contribution in [0.4, 0.5) is 4.39 Å². The zero-order valence-corrected chi connectivity index (χ0v) is 16.7. The van der Waals surface area contributed by atoms with E-state index in [1.807, 2.05) is 31.2 Å². The molecule has 148 valence electrons. The average Bonchev–Trinajstić information content (AvgIpc) is 3.12. The lowest BCUT2D eigenvalue weighted by Gasteiger charge is -2.12. The summed E-state index contributed by atoms with van der Waals surface area (Å²) in [6, 6.07) is 14.4. The molecule has 1 atom stereocenters. The zero-order valence-electron chi connectivity index (χ0n) is 15.9. The van der Waals surface area contributed by atoms with Gasteiger partial charge < -0.3 is 10.1 Å². The van der Waals surface area contributed by atoms with E-state index in [9.17, 15) is 9.18 Å². The molecule has 1 aromatic heterocycles. The summed E-state index contributed by atoms with van der Waals surface area (Å²) in [7, 11) is 0. The molecule has 0 saturated carbocycles. The van der Waals surface area contributed by atoms with Crippen molar-refractivity contribution in [3.05, 3.63) is 82.3 Å². The maximum Gasteiger partial charge on any atom is 0.224 e. The largest absolute Gasteiger partial charge is 0.488 e. The highest BCUT2D eigenvalue weighted by molar-refractivity contribution is 6.31. The number of carbonyl (C=O) groups is 1. The fraction of sp³-hybridized carbons (Fsp3) is 0.217. The van der Waals surface area contributed by atoms with Crippen LogP contribution in [0, 0.1) is 12.7 Å². The Morgan fingerprint density at radius 3 is 2.93 bits per heavy atom. The molecule has 3 aromatic rings. The van der Waals surface area contributed by atoms with E-state index in [0.29, 0.717) is 13.0 Å². The molecular formula is C23H20ClFN2O2. The summed E-state index contributed by atoms with van der Waals surface area (Å²) in [6.45, 7) is 2.38. The van der Waals surface area contributed by atoms with Gasteiger partial charge in [0.05, 0.1) is 18.7 Å². The van der Waals surface area contributed by atoms with E-state index in [0.717, 1.165) is 28.1 Å². The van der Waals surface area contributed by atoms with Gasteiger partial charge >= 0.3 is 0 Å². The minimum atomic E-state index is -0.477. The summed E-state index contributed by atoms with van der Waals surface area (Å²) in [5.74, 6) is 0.0506. The monoisotopic (exact) mass is 410 g/mol. The van der Waals surface area contributed by atoms with Crippen LogP contribution in [-0.2, 0) is 17.6 Å². The molecule has 0 aliphatic carbocycles. The number of nitrogens with zero attached hydrogens (tertiary/aromatic N) is 1. The van der Waals surface area contributed by atoms with Gasteiger partial charge in [-0.2, -0.15) is 0 Å². The highest BCUT2D eigenvalue weighted by Crippen LogP contribution is 2.33. The van der Waals surface area contributed by atoms with Gasteiger partial charge in [-0.25, -0.2) is 4.39 Å². The van der Waals surface area contributed by atoms with Crippen LogP contribution in [0.15, 0.2) is 54.7 Å². The predicted molar refractivity (Wildman–Crippen MR) is 111 cm³/mol. The Hall–Kier alpha value is -2.92. The van der Waals surface area contributed by atoms with E-state index in [2.05, 4.69) is 16.4 Å². The third-order valence-electron chi connectivity index (χ3n) is 5.01. The van der Waals surface area contributed by atoms with Crippen molar-refractivity contribution >= 4 is 17.5 Å². The smallest absolute Gasteiger partial charge is 0.224 e. The van der Waals surface area contributed by atoms with Crippen LogP contribution in [0.2, 0.25) is 5.02 Å². The van der Waals surface area contributed by atoms with E-state index in [1.54, 1.807) is 12.3 Å². The molecule has 4 rings (SSSR count). The first kappa shape index (κ1) is 19.4. The fourth-order valence-electron chi connectivity index (χ4n) is 3.52. The van der Waals surface area contributed by atoms with Crippen molar-refractivity contribution in [2.75, 3.05) is 6.54 Å². The number of benzene rings is 2. The minimum absolute atomic E-state index is 0.103. The topological polar surface area (TPSA) is 51.2 Å². The summed E-state index contributed by atoms with van der Waals surface area (Å²) in [5.41, 5.74) is 4.40. The van der Waals surface area contributed by atoms with Gasteiger partial charge in [0.25, 0.3) is 0 Å². The number of fused-ring (bicyclic) bond motifs is 1. The number of halogens is 2. The minimum Gasteiger partial charge on any atom is -0.488 e. The predicted octanol–water partition coefficient (Wildman–Crippen LogP) is 4.51. The molecule has 6 heteroatoms. The van der Waals surface area contributed by atoms with Gasteiger partial charge in [0.15, 0.2) is 0 Å². The Labute approximate surface area is 173 Å². The first-order chi connectivity index (χ1) is 14.0. The second-order valence-corrected chi connectivity index (χ2v) is 7.52. The van der Waals surface area contributed by atoms with Gasteiger partial charge in [0, 0.05) is 28.8 Å². The summed E-state index contributed by atoms with van der Waals surface area (Å²) < 4.78 is 19.8. The van der Waals surface area contributed by atoms with E-state index in [4.69, 9.17) is 16.3 Å². The quantitative estimate of drug-likeness (QED) is 0.673. The molecular weight excluding hydrogens is 391 g/mol.